The number of halogens is 1. The smallest absolute Gasteiger partial charge is 0.261 e. The van der Waals surface area contributed by atoms with Crippen molar-refractivity contribution >= 4 is 25.5 Å². The van der Waals surface area contributed by atoms with Crippen LogP contribution in [0.15, 0.2) is 47.4 Å². The first kappa shape index (κ1) is 14.6. The molecule has 0 unspecified atom stereocenters. The summed E-state index contributed by atoms with van der Waals surface area (Å²) in [5.41, 5.74) is 0.535. The summed E-state index contributed by atoms with van der Waals surface area (Å²) in [6, 6.07) is 10.6. The second-order valence-corrected chi connectivity index (χ2v) is 6.80. The highest BCUT2D eigenvalue weighted by Gasteiger charge is 2.20. The molecule has 0 spiro atoms. The van der Waals surface area contributed by atoms with Crippen molar-refractivity contribution in [2.45, 2.75) is 11.8 Å². The highest BCUT2D eigenvalue weighted by atomic mass is 35.7. The first-order chi connectivity index (χ1) is 9.30. The number of hydrogen-bond acceptors (Lipinski definition) is 4. The Labute approximate surface area is 121 Å². The van der Waals surface area contributed by atoms with Crippen LogP contribution >= 0.6 is 10.7 Å². The first-order valence-electron chi connectivity index (χ1n) is 5.68. The van der Waals surface area contributed by atoms with Gasteiger partial charge in [0.15, 0.2) is 5.78 Å². The molecule has 0 bridgehead atoms. The molecule has 0 heterocycles. The summed E-state index contributed by atoms with van der Waals surface area (Å²) in [5.74, 6) is -0.745. The monoisotopic (exact) mass is 310 g/mol. The molecule has 0 saturated carbocycles. The second-order valence-electron chi connectivity index (χ2n) is 4.27. The Morgan fingerprint density at radius 2 is 1.75 bits per heavy atom. The molecule has 2 aromatic rings. The number of hydrogen-bond donors (Lipinski definition) is 1. The minimum absolute atomic E-state index is 0.0963. The van der Waals surface area contributed by atoms with Gasteiger partial charge in [-0.15, -0.1) is 0 Å². The lowest BCUT2D eigenvalue weighted by molar-refractivity contribution is 0.103. The van der Waals surface area contributed by atoms with Crippen molar-refractivity contribution in [3.63, 3.8) is 0 Å². The zero-order chi connectivity index (χ0) is 14.9. The fraction of sp³-hybridized carbons (Fsp3) is 0.0714. The maximum absolute atomic E-state index is 12.3. The molecule has 0 saturated heterocycles. The number of benzene rings is 2. The average Bonchev–Trinajstić information content (AvgIpc) is 2.37. The number of phenolic OH excluding ortho intramolecular Hbond substituents is 1. The van der Waals surface area contributed by atoms with Crippen LogP contribution in [0.4, 0.5) is 0 Å². The molecule has 2 aromatic carbocycles. The molecule has 0 atom stereocenters. The number of aryl methyl sites for hydroxylation is 1. The molecule has 0 amide bonds. The summed E-state index contributed by atoms with van der Waals surface area (Å²) in [5, 5.41) is 9.85. The van der Waals surface area contributed by atoms with Gasteiger partial charge in [-0.25, -0.2) is 8.42 Å². The normalized spacial score (nSPS) is 11.3. The quantitative estimate of drug-likeness (QED) is 0.699. The van der Waals surface area contributed by atoms with E-state index in [0.717, 1.165) is 6.07 Å². The minimum Gasteiger partial charge on any atom is -0.507 e. The van der Waals surface area contributed by atoms with Gasteiger partial charge in [0.1, 0.15) is 5.75 Å². The molecule has 1 N–H and O–H groups in total. The molecule has 0 radical (unpaired) electrons. The minimum atomic E-state index is -3.98. The Hall–Kier alpha value is -1.85. The molecule has 0 fully saturated rings. The lowest BCUT2D eigenvalue weighted by atomic mass is 10.0. The maximum atomic E-state index is 12.3. The second kappa shape index (κ2) is 5.26. The van der Waals surface area contributed by atoms with Gasteiger partial charge in [0.2, 0.25) is 0 Å². The van der Waals surface area contributed by atoms with Gasteiger partial charge in [0.25, 0.3) is 9.05 Å². The summed E-state index contributed by atoms with van der Waals surface area (Å²) in [6.07, 6.45) is 0. The van der Waals surface area contributed by atoms with E-state index in [1.807, 2.05) is 0 Å². The molecule has 0 aliphatic carbocycles. The Morgan fingerprint density at radius 1 is 1.15 bits per heavy atom. The fourth-order valence-corrected chi connectivity index (χ4v) is 3.06. The molecular weight excluding hydrogens is 300 g/mol. The van der Waals surface area contributed by atoms with Gasteiger partial charge in [-0.2, -0.15) is 0 Å². The van der Waals surface area contributed by atoms with Gasteiger partial charge in [-0.1, -0.05) is 30.3 Å². The first-order valence-corrected chi connectivity index (χ1v) is 7.99. The van der Waals surface area contributed by atoms with E-state index in [4.69, 9.17) is 10.7 Å². The number of aromatic hydroxyl groups is 1. The molecule has 104 valence electrons. The van der Waals surface area contributed by atoms with Crippen molar-refractivity contribution in [1.82, 2.24) is 0 Å². The molecule has 2 rings (SSSR count). The predicted molar refractivity (Wildman–Crippen MR) is 75.8 cm³/mol. The maximum Gasteiger partial charge on any atom is 0.261 e. The predicted octanol–water partition coefficient (Wildman–Crippen LogP) is 2.86. The summed E-state index contributed by atoms with van der Waals surface area (Å²) in [7, 11) is 1.34. The van der Waals surface area contributed by atoms with Crippen LogP contribution in [0.2, 0.25) is 0 Å². The Balaban J connectivity index is 2.61. The van der Waals surface area contributed by atoms with E-state index in [0.29, 0.717) is 5.56 Å². The van der Waals surface area contributed by atoms with E-state index in [1.54, 1.807) is 30.3 Å². The van der Waals surface area contributed by atoms with Gasteiger partial charge >= 0.3 is 0 Å². The molecule has 6 heteroatoms. The van der Waals surface area contributed by atoms with Crippen LogP contribution in [0.25, 0.3) is 0 Å². The molecule has 20 heavy (non-hydrogen) atoms. The van der Waals surface area contributed by atoms with E-state index in [2.05, 4.69) is 0 Å². The lowest BCUT2D eigenvalue weighted by Crippen LogP contribution is -2.04. The summed E-state index contributed by atoms with van der Waals surface area (Å²) in [4.78, 5) is 12.1. The SMILES string of the molecule is Cc1cc(O)c(C(=O)c2ccccc2)cc1S(=O)(=O)Cl. The third-order valence-electron chi connectivity index (χ3n) is 2.84. The fourth-order valence-electron chi connectivity index (χ4n) is 1.86. The van der Waals surface area contributed by atoms with Crippen LogP contribution in [-0.4, -0.2) is 19.3 Å². The van der Waals surface area contributed by atoms with E-state index in [9.17, 15) is 18.3 Å². The van der Waals surface area contributed by atoms with Crippen LogP contribution < -0.4 is 0 Å². The number of rotatable bonds is 3. The van der Waals surface area contributed by atoms with Gasteiger partial charge in [-0.05, 0) is 24.6 Å². The molecule has 0 aliphatic rings. The molecule has 0 aliphatic heterocycles. The Morgan fingerprint density at radius 3 is 2.30 bits per heavy atom. The Bertz CT molecular complexity index is 767. The van der Waals surface area contributed by atoms with Crippen molar-refractivity contribution in [2.75, 3.05) is 0 Å². The largest absolute Gasteiger partial charge is 0.507 e. The Kier molecular flexibility index (Phi) is 3.83. The number of carbonyl (C=O) groups is 1. The van der Waals surface area contributed by atoms with Gasteiger partial charge in [-0.3, -0.25) is 4.79 Å². The third kappa shape index (κ3) is 2.84. The van der Waals surface area contributed by atoms with E-state index >= 15 is 0 Å². The summed E-state index contributed by atoms with van der Waals surface area (Å²) in [6.45, 7) is 1.49. The van der Waals surface area contributed by atoms with Crippen molar-refractivity contribution in [3.05, 3.63) is 59.2 Å². The highest BCUT2D eigenvalue weighted by Crippen LogP contribution is 2.29. The standard InChI is InChI=1S/C14H11ClO4S/c1-9-7-12(16)11(8-13(9)20(15,18)19)14(17)10-5-3-2-4-6-10/h2-8,16H,1H3. The highest BCUT2D eigenvalue weighted by molar-refractivity contribution is 8.13. The van der Waals surface area contributed by atoms with Crippen LogP contribution in [0.3, 0.4) is 0 Å². The number of ketones is 1. The van der Waals surface area contributed by atoms with Crippen molar-refractivity contribution in [2.24, 2.45) is 0 Å². The van der Waals surface area contributed by atoms with Gasteiger partial charge in [0.05, 0.1) is 10.5 Å². The van der Waals surface area contributed by atoms with Crippen LogP contribution in [0, 0.1) is 6.92 Å². The summed E-state index contributed by atoms with van der Waals surface area (Å²) < 4.78 is 22.9. The molecule has 4 nitrogen and oxygen atoms in total. The van der Waals surface area contributed by atoms with Crippen molar-refractivity contribution in [3.8, 4) is 5.75 Å². The van der Waals surface area contributed by atoms with Crippen molar-refractivity contribution < 1.29 is 18.3 Å². The van der Waals surface area contributed by atoms with Gasteiger partial charge < -0.3 is 5.11 Å². The molecule has 0 aromatic heterocycles. The number of phenols is 1. The van der Waals surface area contributed by atoms with Crippen LogP contribution in [0.1, 0.15) is 21.5 Å². The summed E-state index contributed by atoms with van der Waals surface area (Å²) >= 11 is 0. The topological polar surface area (TPSA) is 71.4 Å². The zero-order valence-electron chi connectivity index (χ0n) is 10.5. The average molecular weight is 311 g/mol. The molecular formula is C14H11ClO4S. The van der Waals surface area contributed by atoms with E-state index in [-0.39, 0.29) is 21.8 Å². The van der Waals surface area contributed by atoms with Crippen LogP contribution in [-0.2, 0) is 9.05 Å². The zero-order valence-corrected chi connectivity index (χ0v) is 12.1. The number of carbonyl (C=O) groups excluding carboxylic acids is 1. The van der Waals surface area contributed by atoms with E-state index in [1.165, 1.54) is 13.0 Å². The van der Waals surface area contributed by atoms with Gasteiger partial charge in [0, 0.05) is 16.2 Å². The van der Waals surface area contributed by atoms with Crippen molar-refractivity contribution in [1.29, 1.82) is 0 Å². The third-order valence-corrected chi connectivity index (χ3v) is 4.30. The van der Waals surface area contributed by atoms with E-state index < -0.39 is 14.8 Å². The lowest BCUT2D eigenvalue weighted by Gasteiger charge is -2.08. The van der Waals surface area contributed by atoms with Crippen LogP contribution in [0.5, 0.6) is 5.75 Å².